The number of anilines is 1. The van der Waals surface area contributed by atoms with E-state index in [1.165, 1.54) is 22.3 Å². The Hall–Kier alpha value is -3.28. The summed E-state index contributed by atoms with van der Waals surface area (Å²) in [5.41, 5.74) is 8.03. The highest BCUT2D eigenvalue weighted by molar-refractivity contribution is 5.75. The van der Waals surface area contributed by atoms with Crippen molar-refractivity contribution in [2.24, 2.45) is 7.05 Å². The lowest BCUT2D eigenvalue weighted by Crippen LogP contribution is -2.12. The van der Waals surface area contributed by atoms with Crippen molar-refractivity contribution in [1.29, 1.82) is 0 Å². The van der Waals surface area contributed by atoms with E-state index in [4.69, 9.17) is 4.98 Å². The van der Waals surface area contributed by atoms with Gasteiger partial charge in [-0.25, -0.2) is 9.97 Å². The lowest BCUT2D eigenvalue weighted by Gasteiger charge is -2.21. The van der Waals surface area contributed by atoms with E-state index in [0.29, 0.717) is 5.95 Å². The number of nitrogens with zero attached hydrogens (tertiary/aromatic N) is 5. The first-order valence-electron chi connectivity index (χ1n) is 11.2. The molecular formula is C26H32N6. The van der Waals surface area contributed by atoms with Crippen LogP contribution in [0.15, 0.2) is 49.1 Å². The molecule has 32 heavy (non-hydrogen) atoms. The lowest BCUT2D eigenvalue weighted by molar-refractivity contribution is 0.589. The molecule has 1 aromatic carbocycles. The van der Waals surface area contributed by atoms with Crippen molar-refractivity contribution in [3.63, 3.8) is 0 Å². The number of imidazole rings is 1. The van der Waals surface area contributed by atoms with Gasteiger partial charge in [0.1, 0.15) is 5.52 Å². The van der Waals surface area contributed by atoms with Crippen LogP contribution in [0.5, 0.6) is 0 Å². The number of benzene rings is 1. The molecule has 1 N–H and O–H groups in total. The monoisotopic (exact) mass is 428 g/mol. The summed E-state index contributed by atoms with van der Waals surface area (Å²) in [6, 6.07) is 10.9. The Kier molecular flexibility index (Phi) is 6.21. The third-order valence-corrected chi connectivity index (χ3v) is 5.89. The highest BCUT2D eigenvalue weighted by Crippen LogP contribution is 2.27. The molecule has 0 aliphatic carbocycles. The van der Waals surface area contributed by atoms with Crippen molar-refractivity contribution >= 4 is 17.1 Å². The van der Waals surface area contributed by atoms with Crippen LogP contribution >= 0.6 is 0 Å². The molecule has 0 fully saturated rings. The zero-order valence-corrected chi connectivity index (χ0v) is 19.7. The van der Waals surface area contributed by atoms with Crippen LogP contribution in [-0.4, -0.2) is 31.0 Å². The van der Waals surface area contributed by atoms with Crippen molar-refractivity contribution < 1.29 is 0 Å². The number of nitrogens with one attached hydrogen (secondary N) is 1. The molecule has 6 heteroatoms. The average Bonchev–Trinajstić information content (AvgIpc) is 3.13. The van der Waals surface area contributed by atoms with Crippen LogP contribution in [0.2, 0.25) is 0 Å². The predicted molar refractivity (Wildman–Crippen MR) is 130 cm³/mol. The molecule has 0 unspecified atom stereocenters. The fourth-order valence-corrected chi connectivity index (χ4v) is 3.89. The maximum atomic E-state index is 4.91. The highest BCUT2D eigenvalue weighted by atomic mass is 15.2. The van der Waals surface area contributed by atoms with Crippen molar-refractivity contribution in [2.45, 2.75) is 52.4 Å². The topological polar surface area (TPSA) is 68.5 Å². The molecule has 4 rings (SSSR count). The molecule has 0 bridgehead atoms. The molecule has 6 nitrogen and oxygen atoms in total. The fourth-order valence-electron chi connectivity index (χ4n) is 3.89. The minimum atomic E-state index is 0.109. The molecule has 0 aliphatic rings. The molecule has 0 aliphatic heterocycles. The van der Waals surface area contributed by atoms with Gasteiger partial charge in [0.2, 0.25) is 5.95 Å². The quantitative estimate of drug-likeness (QED) is 0.420. The van der Waals surface area contributed by atoms with Crippen LogP contribution in [0.1, 0.15) is 55.1 Å². The number of fused-ring (bicyclic) bond motifs is 1. The van der Waals surface area contributed by atoms with Gasteiger partial charge in [0.15, 0.2) is 5.65 Å². The van der Waals surface area contributed by atoms with Crippen molar-refractivity contribution in [3.8, 4) is 0 Å². The lowest BCUT2D eigenvalue weighted by atomic mass is 9.84. The number of hydrogen-bond donors (Lipinski definition) is 1. The number of pyridine rings is 1. The molecule has 0 radical (unpaired) electrons. The molecule has 4 aromatic rings. The Bertz CT molecular complexity index is 1200. The molecule has 0 amide bonds. The number of hydrogen-bond acceptors (Lipinski definition) is 5. The molecule has 0 atom stereocenters. The van der Waals surface area contributed by atoms with E-state index in [1.54, 1.807) is 0 Å². The summed E-state index contributed by atoms with van der Waals surface area (Å²) < 4.78 is 2.01. The maximum absolute atomic E-state index is 4.91. The fraction of sp³-hybridized carbons (Fsp3) is 0.385. The largest absolute Gasteiger partial charge is 0.354 e. The number of rotatable bonds is 7. The van der Waals surface area contributed by atoms with E-state index < -0.39 is 0 Å². The van der Waals surface area contributed by atoms with Gasteiger partial charge < -0.3 is 9.88 Å². The van der Waals surface area contributed by atoms with Gasteiger partial charge >= 0.3 is 0 Å². The summed E-state index contributed by atoms with van der Waals surface area (Å²) in [6.07, 6.45) is 8.23. The molecule has 166 valence electrons. The van der Waals surface area contributed by atoms with Gasteiger partial charge in [-0.1, -0.05) is 39.0 Å². The summed E-state index contributed by atoms with van der Waals surface area (Å²) in [5, 5.41) is 3.41. The van der Waals surface area contributed by atoms with Crippen LogP contribution < -0.4 is 5.32 Å². The minimum Gasteiger partial charge on any atom is -0.354 e. The van der Waals surface area contributed by atoms with E-state index in [0.717, 1.165) is 42.7 Å². The van der Waals surface area contributed by atoms with Gasteiger partial charge in [-0.15, -0.1) is 0 Å². The first-order valence-corrected chi connectivity index (χ1v) is 11.2. The van der Waals surface area contributed by atoms with Gasteiger partial charge in [0.25, 0.3) is 0 Å². The number of aromatic nitrogens is 5. The van der Waals surface area contributed by atoms with E-state index in [-0.39, 0.29) is 5.41 Å². The van der Waals surface area contributed by atoms with E-state index in [9.17, 15) is 0 Å². The van der Waals surface area contributed by atoms with Gasteiger partial charge in [-0.05, 0) is 59.6 Å². The minimum absolute atomic E-state index is 0.109. The molecule has 0 spiro atoms. The van der Waals surface area contributed by atoms with Crippen LogP contribution in [0, 0.1) is 6.92 Å². The van der Waals surface area contributed by atoms with Crippen molar-refractivity contribution in [2.75, 3.05) is 11.9 Å². The predicted octanol–water partition coefficient (Wildman–Crippen LogP) is 5.00. The second-order valence-corrected chi connectivity index (χ2v) is 9.48. The normalized spacial score (nSPS) is 11.8. The van der Waals surface area contributed by atoms with Gasteiger partial charge in [0, 0.05) is 32.4 Å². The van der Waals surface area contributed by atoms with Crippen LogP contribution in [0.3, 0.4) is 0 Å². The summed E-state index contributed by atoms with van der Waals surface area (Å²) in [4.78, 5) is 18.1. The molecule has 3 aromatic heterocycles. The molecule has 3 heterocycles. The molecular weight excluding hydrogens is 396 g/mol. The Morgan fingerprint density at radius 2 is 1.81 bits per heavy atom. The third-order valence-electron chi connectivity index (χ3n) is 5.89. The Labute approximate surface area is 190 Å². The van der Waals surface area contributed by atoms with Gasteiger partial charge in [-0.2, -0.15) is 4.98 Å². The van der Waals surface area contributed by atoms with E-state index in [2.05, 4.69) is 78.3 Å². The Balaban J connectivity index is 1.57. The van der Waals surface area contributed by atoms with Gasteiger partial charge in [0.05, 0.1) is 12.0 Å². The van der Waals surface area contributed by atoms with Crippen LogP contribution in [0.4, 0.5) is 5.95 Å². The Morgan fingerprint density at radius 1 is 1.03 bits per heavy atom. The zero-order chi connectivity index (χ0) is 22.7. The molecule has 0 saturated carbocycles. The second kappa shape index (κ2) is 9.07. The average molecular weight is 429 g/mol. The number of aryl methyl sites for hydroxylation is 3. The van der Waals surface area contributed by atoms with E-state index in [1.807, 2.05) is 30.3 Å². The Morgan fingerprint density at radius 3 is 2.56 bits per heavy atom. The standard InChI is InChI=1S/C26H32N6/c1-18-8-9-21(26(2,3)4)15-20(18)16-22-23-24(29-17-32(23)5)31-25(30-22)28-12-6-7-19-10-13-27-14-11-19/h8-11,13-15,17H,6-7,12,16H2,1-5H3,(H,28,30,31). The highest BCUT2D eigenvalue weighted by Gasteiger charge is 2.17. The smallest absolute Gasteiger partial charge is 0.225 e. The summed E-state index contributed by atoms with van der Waals surface area (Å²) in [6.45, 7) is 9.72. The SMILES string of the molecule is Cc1ccc(C(C)(C)C)cc1Cc1nc(NCCCc2ccncc2)nc2ncn(C)c12. The van der Waals surface area contributed by atoms with Crippen LogP contribution in [0.25, 0.3) is 11.2 Å². The first-order chi connectivity index (χ1) is 15.3. The summed E-state index contributed by atoms with van der Waals surface area (Å²) in [5.74, 6) is 0.644. The van der Waals surface area contributed by atoms with E-state index >= 15 is 0 Å². The third kappa shape index (κ3) is 4.96. The zero-order valence-electron chi connectivity index (χ0n) is 19.7. The second-order valence-electron chi connectivity index (χ2n) is 9.48. The maximum Gasteiger partial charge on any atom is 0.225 e. The van der Waals surface area contributed by atoms with Crippen molar-refractivity contribution in [3.05, 3.63) is 77.0 Å². The van der Waals surface area contributed by atoms with Crippen LogP contribution in [-0.2, 0) is 25.3 Å². The summed E-state index contributed by atoms with van der Waals surface area (Å²) in [7, 11) is 2.00. The summed E-state index contributed by atoms with van der Waals surface area (Å²) >= 11 is 0. The molecule has 0 saturated heterocycles. The van der Waals surface area contributed by atoms with Gasteiger partial charge in [-0.3, -0.25) is 4.98 Å². The van der Waals surface area contributed by atoms with Crippen molar-refractivity contribution in [1.82, 2.24) is 24.5 Å². The first kappa shape index (κ1) is 21.9.